The van der Waals surface area contributed by atoms with Crippen LogP contribution in [0.2, 0.25) is 0 Å². The van der Waals surface area contributed by atoms with Gasteiger partial charge in [-0.25, -0.2) is 4.79 Å². The molecule has 8 heteroatoms. The lowest BCUT2D eigenvalue weighted by atomic mass is 9.75. The normalized spacial score (nSPS) is 19.9. The Morgan fingerprint density at radius 3 is 2.07 bits per heavy atom. The molecule has 1 N–H and O–H groups in total. The van der Waals surface area contributed by atoms with Crippen molar-refractivity contribution < 1.29 is 32.2 Å². The minimum absolute atomic E-state index is 0.375. The summed E-state index contributed by atoms with van der Waals surface area (Å²) in [5.74, 6) is -2.61. The largest absolute Gasteiger partial charge is 0.452 e. The third kappa shape index (κ3) is 6.36. The first-order chi connectivity index (χ1) is 12.3. The summed E-state index contributed by atoms with van der Waals surface area (Å²) in [6.07, 6.45) is -3.76. The molecular weight excluding hydrogens is 363 g/mol. The second-order valence-electron chi connectivity index (χ2n) is 8.33. The van der Waals surface area contributed by atoms with Crippen LogP contribution in [0.25, 0.3) is 0 Å². The van der Waals surface area contributed by atoms with Gasteiger partial charge in [0.2, 0.25) is 0 Å². The van der Waals surface area contributed by atoms with Gasteiger partial charge in [-0.3, -0.25) is 4.79 Å². The first-order valence-corrected chi connectivity index (χ1v) is 9.51. The molecule has 0 radical (unpaired) electrons. The maximum atomic E-state index is 13.3. The number of nitrogens with one attached hydrogen (secondary N) is 1. The van der Waals surface area contributed by atoms with E-state index in [1.54, 1.807) is 6.92 Å². The summed E-state index contributed by atoms with van der Waals surface area (Å²) < 4.78 is 49.7. The molecular formula is C19H32F3NO4. The van der Waals surface area contributed by atoms with Gasteiger partial charge in [0, 0.05) is 5.92 Å². The van der Waals surface area contributed by atoms with E-state index in [2.05, 4.69) is 5.32 Å². The van der Waals surface area contributed by atoms with E-state index in [0.717, 1.165) is 6.42 Å². The zero-order valence-electron chi connectivity index (χ0n) is 16.9. The van der Waals surface area contributed by atoms with Crippen molar-refractivity contribution >= 4 is 11.9 Å². The molecule has 2 atom stereocenters. The highest BCUT2D eigenvalue weighted by Gasteiger charge is 2.48. The van der Waals surface area contributed by atoms with E-state index in [4.69, 9.17) is 9.47 Å². The van der Waals surface area contributed by atoms with Crippen molar-refractivity contribution in [2.75, 3.05) is 13.2 Å². The molecule has 0 aromatic heterocycles. The van der Waals surface area contributed by atoms with Crippen LogP contribution in [-0.4, -0.2) is 42.9 Å². The van der Waals surface area contributed by atoms with Crippen molar-refractivity contribution in [3.63, 3.8) is 0 Å². The van der Waals surface area contributed by atoms with E-state index in [1.807, 2.05) is 27.7 Å². The van der Waals surface area contributed by atoms with Crippen LogP contribution in [0.4, 0.5) is 13.2 Å². The van der Waals surface area contributed by atoms with Gasteiger partial charge in [0.15, 0.2) is 12.7 Å². The van der Waals surface area contributed by atoms with Crippen molar-refractivity contribution in [3.8, 4) is 0 Å². The van der Waals surface area contributed by atoms with Gasteiger partial charge in [-0.05, 0) is 31.7 Å². The van der Waals surface area contributed by atoms with Gasteiger partial charge in [-0.15, -0.1) is 0 Å². The Labute approximate surface area is 159 Å². The Kier molecular flexibility index (Phi) is 8.14. The zero-order valence-corrected chi connectivity index (χ0v) is 16.9. The smallest absolute Gasteiger partial charge is 0.425 e. The average molecular weight is 395 g/mol. The number of hydrogen-bond acceptors (Lipinski definition) is 5. The van der Waals surface area contributed by atoms with Crippen LogP contribution in [0.15, 0.2) is 0 Å². The summed E-state index contributed by atoms with van der Waals surface area (Å²) in [7, 11) is 0. The van der Waals surface area contributed by atoms with Crippen LogP contribution in [0, 0.1) is 11.3 Å². The Hall–Kier alpha value is -1.31. The molecule has 1 aliphatic rings. The van der Waals surface area contributed by atoms with E-state index in [1.165, 1.54) is 0 Å². The first kappa shape index (κ1) is 23.7. The lowest BCUT2D eigenvalue weighted by molar-refractivity contribution is -0.238. The summed E-state index contributed by atoms with van der Waals surface area (Å²) in [5.41, 5.74) is -1.62. The van der Waals surface area contributed by atoms with Gasteiger partial charge < -0.3 is 14.8 Å². The van der Waals surface area contributed by atoms with Gasteiger partial charge in [0.1, 0.15) is 5.54 Å². The molecule has 1 aliphatic carbocycles. The van der Waals surface area contributed by atoms with Crippen LogP contribution in [-0.2, 0) is 19.1 Å². The first-order valence-electron chi connectivity index (χ1n) is 9.51. The van der Waals surface area contributed by atoms with Crippen LogP contribution in [0.3, 0.4) is 0 Å². The Balaban J connectivity index is 2.72. The van der Waals surface area contributed by atoms with Crippen molar-refractivity contribution in [2.24, 2.45) is 11.3 Å². The molecule has 2 unspecified atom stereocenters. The maximum absolute atomic E-state index is 13.3. The van der Waals surface area contributed by atoms with Crippen molar-refractivity contribution in [1.82, 2.24) is 5.32 Å². The molecule has 0 heterocycles. The number of esters is 2. The zero-order chi connectivity index (χ0) is 20.9. The fourth-order valence-electron chi connectivity index (χ4n) is 3.31. The van der Waals surface area contributed by atoms with E-state index in [9.17, 15) is 22.8 Å². The van der Waals surface area contributed by atoms with Crippen molar-refractivity contribution in [3.05, 3.63) is 0 Å². The topological polar surface area (TPSA) is 64.6 Å². The fraction of sp³-hybridized carbons (Fsp3) is 0.895. The highest BCUT2D eigenvalue weighted by Crippen LogP contribution is 2.37. The number of ether oxygens (including phenoxy) is 2. The third-order valence-corrected chi connectivity index (χ3v) is 5.42. The predicted molar refractivity (Wildman–Crippen MR) is 95.0 cm³/mol. The minimum atomic E-state index is -4.63. The highest BCUT2D eigenvalue weighted by molar-refractivity contribution is 5.84. The van der Waals surface area contributed by atoms with Gasteiger partial charge >= 0.3 is 18.1 Å². The number of hydrogen-bond donors (Lipinski definition) is 1. The van der Waals surface area contributed by atoms with E-state index < -0.39 is 47.7 Å². The lowest BCUT2D eigenvalue weighted by Crippen LogP contribution is -2.59. The molecule has 27 heavy (non-hydrogen) atoms. The monoisotopic (exact) mass is 395 g/mol. The SMILES string of the molecule is CCNC(C)(C(=O)OCC(=O)OC(C1CCCCC1)C(F)(F)F)C(C)(C)C. The molecule has 0 aliphatic heterocycles. The molecule has 0 saturated heterocycles. The van der Waals surface area contributed by atoms with Gasteiger partial charge in [0.05, 0.1) is 0 Å². The third-order valence-electron chi connectivity index (χ3n) is 5.42. The Morgan fingerprint density at radius 1 is 1.07 bits per heavy atom. The molecule has 0 aromatic rings. The maximum Gasteiger partial charge on any atom is 0.425 e. The molecule has 1 saturated carbocycles. The standard InChI is InChI=1S/C19H32F3NO4/c1-6-23-18(5,17(2,3)4)16(25)26-12-14(24)27-15(19(20,21)22)13-10-8-7-9-11-13/h13,15,23H,6-12H2,1-5H3. The fourth-order valence-corrected chi connectivity index (χ4v) is 3.31. The molecule has 0 aromatic carbocycles. The highest BCUT2D eigenvalue weighted by atomic mass is 19.4. The Morgan fingerprint density at radius 2 is 1.63 bits per heavy atom. The number of carbonyl (C=O) groups is 2. The minimum Gasteiger partial charge on any atom is -0.452 e. The van der Waals surface area contributed by atoms with E-state index in [0.29, 0.717) is 32.2 Å². The van der Waals surface area contributed by atoms with Gasteiger partial charge in [0.25, 0.3) is 0 Å². The second-order valence-corrected chi connectivity index (χ2v) is 8.33. The molecule has 158 valence electrons. The van der Waals surface area contributed by atoms with Gasteiger partial charge in [-0.1, -0.05) is 47.0 Å². The van der Waals surface area contributed by atoms with E-state index in [-0.39, 0.29) is 0 Å². The summed E-state index contributed by atoms with van der Waals surface area (Å²) in [4.78, 5) is 24.4. The average Bonchev–Trinajstić information content (AvgIpc) is 2.56. The number of alkyl halides is 3. The van der Waals surface area contributed by atoms with Crippen LogP contribution < -0.4 is 5.32 Å². The molecule has 1 rings (SSSR count). The van der Waals surface area contributed by atoms with Crippen LogP contribution >= 0.6 is 0 Å². The number of likely N-dealkylation sites (N-methyl/N-ethyl adjacent to an activating group) is 1. The molecule has 0 spiro atoms. The summed E-state index contributed by atoms with van der Waals surface area (Å²) in [5, 5.41) is 3.03. The second kappa shape index (κ2) is 9.26. The van der Waals surface area contributed by atoms with E-state index >= 15 is 0 Å². The molecule has 0 amide bonds. The van der Waals surface area contributed by atoms with Crippen LogP contribution in [0.5, 0.6) is 0 Å². The number of halogens is 3. The summed E-state index contributed by atoms with van der Waals surface area (Å²) >= 11 is 0. The number of carbonyl (C=O) groups excluding carboxylic acids is 2. The lowest BCUT2D eigenvalue weighted by Gasteiger charge is -2.40. The van der Waals surface area contributed by atoms with Crippen LogP contribution in [0.1, 0.15) is 66.7 Å². The quantitative estimate of drug-likeness (QED) is 0.660. The summed E-state index contributed by atoms with van der Waals surface area (Å²) in [6, 6.07) is 0. The van der Waals surface area contributed by atoms with Gasteiger partial charge in [-0.2, -0.15) is 13.2 Å². The van der Waals surface area contributed by atoms with Crippen molar-refractivity contribution in [2.45, 2.75) is 84.5 Å². The molecule has 0 bridgehead atoms. The van der Waals surface area contributed by atoms with Crippen molar-refractivity contribution in [1.29, 1.82) is 0 Å². The predicted octanol–water partition coefficient (Wildman–Crippen LogP) is 4.00. The summed E-state index contributed by atoms with van der Waals surface area (Å²) in [6.45, 7) is 8.61. The molecule has 5 nitrogen and oxygen atoms in total. The number of rotatable bonds is 7. The Bertz CT molecular complexity index is 510. The molecule has 1 fully saturated rings.